The second kappa shape index (κ2) is 9.18. The Morgan fingerprint density at radius 3 is 2.63 bits per heavy atom. The highest BCUT2D eigenvalue weighted by molar-refractivity contribution is 7.89. The molecule has 1 aliphatic heterocycles. The summed E-state index contributed by atoms with van der Waals surface area (Å²) >= 11 is 0. The molecule has 4 nitrogen and oxygen atoms in total. The van der Waals surface area contributed by atoms with Crippen LogP contribution in [-0.2, 0) is 26.8 Å². The molecular formula is C22H29NO3S. The van der Waals surface area contributed by atoms with E-state index in [1.54, 1.807) is 17.9 Å². The van der Waals surface area contributed by atoms with Crippen molar-refractivity contribution in [3.8, 4) is 0 Å². The number of benzene rings is 1. The topological polar surface area (TPSA) is 46.6 Å². The van der Waals surface area contributed by atoms with Crippen LogP contribution in [0.4, 0.5) is 5.69 Å². The minimum Gasteiger partial charge on any atom is -0.494 e. The molecule has 0 spiro atoms. The zero-order valence-electron chi connectivity index (χ0n) is 16.9. The van der Waals surface area contributed by atoms with Crippen LogP contribution in [0.1, 0.15) is 46.6 Å². The smallest absolute Gasteiger partial charge is 0.224 e. The van der Waals surface area contributed by atoms with Crippen LogP contribution < -0.4 is 4.90 Å². The summed E-state index contributed by atoms with van der Waals surface area (Å²) in [6.07, 6.45) is 5.11. The lowest BCUT2D eigenvalue weighted by Crippen LogP contribution is -2.33. The number of ether oxygens (including phenoxy) is 1. The number of rotatable bonds is 7. The van der Waals surface area contributed by atoms with Crippen molar-refractivity contribution in [1.82, 2.24) is 0 Å². The Labute approximate surface area is 165 Å². The van der Waals surface area contributed by atoms with Gasteiger partial charge in [-0.25, -0.2) is 4.21 Å². The Kier molecular flexibility index (Phi) is 7.19. The van der Waals surface area contributed by atoms with E-state index in [0.717, 1.165) is 35.4 Å². The first-order valence-electron chi connectivity index (χ1n) is 9.29. The molecule has 146 valence electrons. The molecule has 0 radical (unpaired) electrons. The third-order valence-corrected chi connectivity index (χ3v) is 5.86. The lowest BCUT2D eigenvalue weighted by molar-refractivity contribution is -0.116. The van der Waals surface area contributed by atoms with Crippen molar-refractivity contribution in [2.24, 2.45) is 0 Å². The normalized spacial score (nSPS) is 17.3. The van der Waals surface area contributed by atoms with E-state index >= 15 is 0 Å². The summed E-state index contributed by atoms with van der Waals surface area (Å²) in [6, 6.07) is 5.78. The van der Waals surface area contributed by atoms with Crippen LogP contribution in [0.2, 0.25) is 0 Å². The molecule has 0 aromatic heterocycles. The fourth-order valence-corrected chi connectivity index (χ4v) is 4.28. The van der Waals surface area contributed by atoms with Gasteiger partial charge in [0.25, 0.3) is 0 Å². The number of carbonyl (C=O) groups excluding carboxylic acids is 1. The first kappa shape index (κ1) is 21.2. The largest absolute Gasteiger partial charge is 0.494 e. The highest BCUT2D eigenvalue weighted by atomic mass is 32.2. The van der Waals surface area contributed by atoms with Crippen molar-refractivity contribution in [2.75, 3.05) is 11.5 Å². The Bertz CT molecular complexity index is 819. The minimum absolute atomic E-state index is 0.0306. The van der Waals surface area contributed by atoms with Crippen molar-refractivity contribution in [3.63, 3.8) is 0 Å². The Morgan fingerprint density at radius 1 is 1.37 bits per heavy atom. The standard InChI is InChI=1S/C22H29NO3S/c1-7-11-26-22(15(3)4)14-19(8-2)27(25)20-9-10-21-18(13-20)12-16(5)23(21)17(6)24/h8-10,13-14,16H,2,7,11-12H2,1,3-6H3/b19-14+. The molecule has 1 aliphatic rings. The number of carbonyl (C=O) groups is 1. The molecule has 0 bridgehead atoms. The molecule has 0 aliphatic carbocycles. The fourth-order valence-electron chi connectivity index (χ4n) is 3.20. The first-order chi connectivity index (χ1) is 12.8. The van der Waals surface area contributed by atoms with Gasteiger partial charge in [-0.15, -0.1) is 0 Å². The zero-order chi connectivity index (χ0) is 20.1. The van der Waals surface area contributed by atoms with Crippen LogP contribution in [0.5, 0.6) is 0 Å². The highest BCUT2D eigenvalue weighted by Gasteiger charge is 2.29. The van der Waals surface area contributed by atoms with Gasteiger partial charge in [0.15, 0.2) is 0 Å². The maximum Gasteiger partial charge on any atom is 0.224 e. The van der Waals surface area contributed by atoms with Gasteiger partial charge in [0.2, 0.25) is 5.91 Å². The Balaban J connectivity index is 2.35. The maximum atomic E-state index is 13.1. The van der Waals surface area contributed by atoms with Gasteiger partial charge in [-0.05, 0) is 69.0 Å². The predicted molar refractivity (Wildman–Crippen MR) is 112 cm³/mol. The Hall–Kier alpha value is -2.14. The third kappa shape index (κ3) is 4.78. The third-order valence-electron chi connectivity index (χ3n) is 4.46. The SMILES string of the molecule is C=C/C(=C\C(OCCC)=C(C)C)S(=O)c1ccc2c(c1)CC(C)N2C(C)=O. The lowest BCUT2D eigenvalue weighted by atomic mass is 10.1. The summed E-state index contributed by atoms with van der Waals surface area (Å²) in [5.41, 5.74) is 2.99. The summed E-state index contributed by atoms with van der Waals surface area (Å²) in [5.74, 6) is 0.765. The van der Waals surface area contributed by atoms with E-state index in [1.807, 2.05) is 45.0 Å². The van der Waals surface area contributed by atoms with Crippen molar-refractivity contribution >= 4 is 22.4 Å². The van der Waals surface area contributed by atoms with E-state index in [9.17, 15) is 9.00 Å². The predicted octanol–water partition coefficient (Wildman–Crippen LogP) is 4.88. The molecule has 0 N–H and O–H groups in total. The van der Waals surface area contributed by atoms with E-state index < -0.39 is 10.8 Å². The molecular weight excluding hydrogens is 358 g/mol. The second-order valence-corrected chi connectivity index (χ2v) is 8.45. The van der Waals surface area contributed by atoms with E-state index in [1.165, 1.54) is 0 Å². The fraction of sp³-hybridized carbons (Fsp3) is 0.409. The molecule has 0 saturated heterocycles. The van der Waals surface area contributed by atoms with Crippen LogP contribution in [-0.4, -0.2) is 22.8 Å². The van der Waals surface area contributed by atoms with Gasteiger partial charge in [0.05, 0.1) is 17.4 Å². The van der Waals surface area contributed by atoms with E-state index in [4.69, 9.17) is 4.74 Å². The molecule has 1 aromatic carbocycles. The van der Waals surface area contributed by atoms with Gasteiger partial charge in [0, 0.05) is 28.5 Å². The maximum absolute atomic E-state index is 13.1. The first-order valence-corrected chi connectivity index (χ1v) is 10.4. The molecule has 5 heteroatoms. The number of fused-ring (bicyclic) bond motifs is 1. The van der Waals surface area contributed by atoms with Crippen molar-refractivity contribution < 1.29 is 13.7 Å². The second-order valence-electron chi connectivity index (χ2n) is 6.96. The molecule has 2 atom stereocenters. The van der Waals surface area contributed by atoms with Gasteiger partial charge in [0.1, 0.15) is 5.76 Å². The van der Waals surface area contributed by atoms with Gasteiger partial charge in [-0.2, -0.15) is 0 Å². The Morgan fingerprint density at radius 2 is 2.07 bits per heavy atom. The number of nitrogens with zero attached hydrogens (tertiary/aromatic N) is 1. The minimum atomic E-state index is -1.36. The van der Waals surface area contributed by atoms with Crippen molar-refractivity contribution in [1.29, 1.82) is 0 Å². The van der Waals surface area contributed by atoms with Crippen LogP contribution in [0.3, 0.4) is 0 Å². The number of anilines is 1. The quantitative estimate of drug-likeness (QED) is 0.495. The zero-order valence-corrected chi connectivity index (χ0v) is 17.7. The molecule has 0 fully saturated rings. The highest BCUT2D eigenvalue weighted by Crippen LogP contribution is 2.34. The molecule has 0 saturated carbocycles. The van der Waals surface area contributed by atoms with Gasteiger partial charge >= 0.3 is 0 Å². The molecule has 1 aromatic rings. The van der Waals surface area contributed by atoms with Crippen molar-refractivity contribution in [2.45, 2.75) is 58.4 Å². The monoisotopic (exact) mass is 387 g/mol. The van der Waals surface area contributed by atoms with Crippen molar-refractivity contribution in [3.05, 3.63) is 58.7 Å². The number of amides is 1. The van der Waals surface area contributed by atoms with Crippen LogP contribution in [0.15, 0.2) is 58.1 Å². The molecule has 2 unspecified atom stereocenters. The number of hydrogen-bond acceptors (Lipinski definition) is 3. The number of allylic oxidation sites excluding steroid dienone is 3. The van der Waals surface area contributed by atoms with Gasteiger partial charge in [-0.1, -0.05) is 19.6 Å². The van der Waals surface area contributed by atoms with E-state index in [2.05, 4.69) is 13.5 Å². The van der Waals surface area contributed by atoms with Crippen LogP contribution in [0.25, 0.3) is 0 Å². The molecule has 2 rings (SSSR count). The van der Waals surface area contributed by atoms with E-state index in [-0.39, 0.29) is 11.9 Å². The van der Waals surface area contributed by atoms with Crippen LogP contribution in [0, 0.1) is 0 Å². The van der Waals surface area contributed by atoms with Gasteiger partial charge < -0.3 is 9.64 Å². The summed E-state index contributed by atoms with van der Waals surface area (Å²) in [4.78, 5) is 15.0. The average Bonchev–Trinajstić information content (AvgIpc) is 2.96. The summed E-state index contributed by atoms with van der Waals surface area (Å²) in [5, 5.41) is 0. The number of hydrogen-bond donors (Lipinski definition) is 0. The molecule has 1 heterocycles. The summed E-state index contributed by atoms with van der Waals surface area (Å²) in [6.45, 7) is 14.0. The van der Waals surface area contributed by atoms with Gasteiger partial charge in [-0.3, -0.25) is 4.79 Å². The van der Waals surface area contributed by atoms with E-state index in [0.29, 0.717) is 16.4 Å². The average molecular weight is 388 g/mol. The van der Waals surface area contributed by atoms with Crippen LogP contribution >= 0.6 is 0 Å². The molecule has 1 amide bonds. The molecule has 27 heavy (non-hydrogen) atoms. The summed E-state index contributed by atoms with van der Waals surface area (Å²) < 4.78 is 18.9. The lowest BCUT2D eigenvalue weighted by Gasteiger charge is -2.20. The summed E-state index contributed by atoms with van der Waals surface area (Å²) in [7, 11) is -1.36.